The lowest BCUT2D eigenvalue weighted by atomic mass is 10.0. The molecule has 0 aromatic heterocycles. The van der Waals surface area contributed by atoms with E-state index in [1.807, 2.05) is 54.6 Å². The van der Waals surface area contributed by atoms with Crippen molar-refractivity contribution in [1.82, 2.24) is 0 Å². The van der Waals surface area contributed by atoms with Crippen molar-refractivity contribution in [2.45, 2.75) is 27.2 Å². The maximum atomic E-state index is 13.2. The Morgan fingerprint density at radius 3 is 2.30 bits per heavy atom. The Hall–Kier alpha value is -3.14. The van der Waals surface area contributed by atoms with E-state index in [1.165, 1.54) is 5.56 Å². The van der Waals surface area contributed by atoms with Crippen LogP contribution in [-0.4, -0.2) is 18.5 Å². The third-order valence-electron chi connectivity index (χ3n) is 4.59. The van der Waals surface area contributed by atoms with Gasteiger partial charge in [-0.25, -0.2) is 4.79 Å². The minimum Gasteiger partial charge on any atom is -0.462 e. The molecule has 1 heterocycles. The van der Waals surface area contributed by atoms with Crippen molar-refractivity contribution in [3.63, 3.8) is 0 Å². The van der Waals surface area contributed by atoms with Crippen LogP contribution in [0.15, 0.2) is 71.4 Å². The van der Waals surface area contributed by atoms with Gasteiger partial charge in [0.2, 0.25) is 0 Å². The first kappa shape index (κ1) is 18.6. The van der Waals surface area contributed by atoms with Gasteiger partial charge < -0.3 is 4.74 Å². The number of carbonyl (C=O) groups excluding carboxylic acids is 2. The zero-order valence-electron chi connectivity index (χ0n) is 15.9. The van der Waals surface area contributed by atoms with Gasteiger partial charge in [-0.1, -0.05) is 49.4 Å². The van der Waals surface area contributed by atoms with Crippen LogP contribution in [0, 0.1) is 0 Å². The number of carbonyl (C=O) groups is 2. The molecule has 1 aliphatic rings. The summed E-state index contributed by atoms with van der Waals surface area (Å²) in [6.07, 6.45) is 2.71. The Balaban J connectivity index is 2.08. The van der Waals surface area contributed by atoms with Gasteiger partial charge in [0.05, 0.1) is 17.8 Å². The topological polar surface area (TPSA) is 46.6 Å². The van der Waals surface area contributed by atoms with Gasteiger partial charge in [-0.2, -0.15) is 0 Å². The van der Waals surface area contributed by atoms with Crippen molar-refractivity contribution in [2.24, 2.45) is 0 Å². The zero-order chi connectivity index (χ0) is 19.4. The van der Waals surface area contributed by atoms with E-state index in [0.29, 0.717) is 16.8 Å². The first-order valence-corrected chi connectivity index (χ1v) is 9.15. The molecule has 138 valence electrons. The molecule has 0 bridgehead atoms. The Labute approximate surface area is 159 Å². The van der Waals surface area contributed by atoms with Crippen molar-refractivity contribution in [1.29, 1.82) is 0 Å². The molecule has 2 aromatic carbocycles. The van der Waals surface area contributed by atoms with E-state index in [9.17, 15) is 9.59 Å². The number of benzene rings is 2. The highest BCUT2D eigenvalue weighted by atomic mass is 16.5. The second kappa shape index (κ2) is 8.04. The van der Waals surface area contributed by atoms with Crippen LogP contribution in [-0.2, 0) is 20.7 Å². The second-order valence-corrected chi connectivity index (χ2v) is 6.31. The summed E-state index contributed by atoms with van der Waals surface area (Å²) in [7, 11) is 0. The third-order valence-corrected chi connectivity index (χ3v) is 4.59. The van der Waals surface area contributed by atoms with Crippen LogP contribution in [0.3, 0.4) is 0 Å². The Morgan fingerprint density at radius 1 is 1.04 bits per heavy atom. The molecule has 3 rings (SSSR count). The molecule has 0 unspecified atom stereocenters. The van der Waals surface area contributed by atoms with Crippen LogP contribution in [0.4, 0.5) is 5.69 Å². The van der Waals surface area contributed by atoms with Crippen LogP contribution in [0.25, 0.3) is 6.08 Å². The molecular formula is C23H23NO3. The van der Waals surface area contributed by atoms with Crippen molar-refractivity contribution in [3.05, 3.63) is 82.6 Å². The lowest BCUT2D eigenvalue weighted by Gasteiger charge is -2.17. The first-order valence-electron chi connectivity index (χ1n) is 9.15. The number of esters is 1. The van der Waals surface area contributed by atoms with Crippen LogP contribution >= 0.6 is 0 Å². The van der Waals surface area contributed by atoms with Crippen molar-refractivity contribution in [2.75, 3.05) is 11.5 Å². The van der Waals surface area contributed by atoms with Gasteiger partial charge in [0.15, 0.2) is 0 Å². The Morgan fingerprint density at radius 2 is 1.70 bits per heavy atom. The van der Waals surface area contributed by atoms with Gasteiger partial charge in [-0.3, -0.25) is 9.69 Å². The number of aryl methyl sites for hydroxylation is 1. The number of para-hydroxylation sites is 1. The summed E-state index contributed by atoms with van der Waals surface area (Å²) in [5, 5.41) is 0. The van der Waals surface area contributed by atoms with Gasteiger partial charge in [0, 0.05) is 11.4 Å². The molecule has 0 atom stereocenters. The smallest absolute Gasteiger partial charge is 0.340 e. The molecule has 4 heteroatoms. The average Bonchev–Trinajstić information content (AvgIpc) is 2.93. The quantitative estimate of drug-likeness (QED) is 0.581. The molecule has 4 nitrogen and oxygen atoms in total. The molecule has 0 radical (unpaired) electrons. The number of rotatable bonds is 5. The zero-order valence-corrected chi connectivity index (χ0v) is 15.9. The number of nitrogens with zero attached hydrogens (tertiary/aromatic N) is 1. The fourth-order valence-electron chi connectivity index (χ4n) is 3.19. The minimum absolute atomic E-state index is 0.221. The summed E-state index contributed by atoms with van der Waals surface area (Å²) in [6, 6.07) is 17.3. The fourth-order valence-corrected chi connectivity index (χ4v) is 3.19. The fraction of sp³-hybridized carbons (Fsp3) is 0.217. The first-order chi connectivity index (χ1) is 13.1. The molecule has 0 saturated carbocycles. The van der Waals surface area contributed by atoms with E-state index in [-0.39, 0.29) is 12.5 Å². The van der Waals surface area contributed by atoms with Crippen LogP contribution in [0.5, 0.6) is 0 Å². The number of anilines is 1. The van der Waals surface area contributed by atoms with Gasteiger partial charge in [-0.05, 0) is 49.6 Å². The van der Waals surface area contributed by atoms with Crippen molar-refractivity contribution >= 4 is 23.6 Å². The van der Waals surface area contributed by atoms with Crippen LogP contribution < -0.4 is 4.90 Å². The summed E-state index contributed by atoms with van der Waals surface area (Å²) in [6.45, 7) is 5.88. The standard InChI is InChI=1S/C23H23NO3/c1-4-17-11-13-18(14-12-17)15-20-21(23(26)27-5-2)16(3)24(22(20)25)19-9-7-6-8-10-19/h6-15H,4-5H2,1-3H3/b20-15-. The highest BCUT2D eigenvalue weighted by Crippen LogP contribution is 2.35. The predicted molar refractivity (Wildman–Crippen MR) is 107 cm³/mol. The molecule has 0 saturated heterocycles. The van der Waals surface area contributed by atoms with Gasteiger partial charge in [0.25, 0.3) is 5.91 Å². The number of allylic oxidation sites excluding steroid dienone is 1. The van der Waals surface area contributed by atoms with E-state index in [1.54, 1.807) is 24.8 Å². The maximum absolute atomic E-state index is 13.2. The molecule has 1 amide bonds. The lowest BCUT2D eigenvalue weighted by Crippen LogP contribution is -2.24. The lowest BCUT2D eigenvalue weighted by molar-refractivity contribution is -0.138. The Kier molecular flexibility index (Phi) is 5.55. The van der Waals surface area contributed by atoms with E-state index in [2.05, 4.69) is 6.92 Å². The summed E-state index contributed by atoms with van der Waals surface area (Å²) in [5.41, 5.74) is 4.09. The number of amides is 1. The van der Waals surface area contributed by atoms with Crippen molar-refractivity contribution in [3.8, 4) is 0 Å². The Bertz CT molecular complexity index is 908. The summed E-state index contributed by atoms with van der Waals surface area (Å²) in [5.74, 6) is -0.695. The van der Waals surface area contributed by atoms with Gasteiger partial charge >= 0.3 is 5.97 Å². The van der Waals surface area contributed by atoms with Crippen LogP contribution in [0.2, 0.25) is 0 Å². The molecule has 0 fully saturated rings. The summed E-state index contributed by atoms with van der Waals surface area (Å²) >= 11 is 0. The maximum Gasteiger partial charge on any atom is 0.340 e. The highest BCUT2D eigenvalue weighted by Gasteiger charge is 2.37. The summed E-state index contributed by atoms with van der Waals surface area (Å²) in [4.78, 5) is 27.3. The molecule has 0 N–H and O–H groups in total. The van der Waals surface area contributed by atoms with E-state index < -0.39 is 5.97 Å². The van der Waals surface area contributed by atoms with Crippen LogP contribution in [0.1, 0.15) is 31.9 Å². The monoisotopic (exact) mass is 361 g/mol. The SMILES string of the molecule is CCOC(=O)C1=C(C)N(c2ccccc2)C(=O)/C1=C\c1ccc(CC)cc1. The summed E-state index contributed by atoms with van der Waals surface area (Å²) < 4.78 is 5.22. The van der Waals surface area contributed by atoms with E-state index in [0.717, 1.165) is 17.7 Å². The average molecular weight is 361 g/mol. The van der Waals surface area contributed by atoms with Crippen molar-refractivity contribution < 1.29 is 14.3 Å². The molecule has 0 spiro atoms. The third kappa shape index (κ3) is 3.70. The predicted octanol–water partition coefficient (Wildman–Crippen LogP) is 4.52. The molecule has 27 heavy (non-hydrogen) atoms. The molecule has 0 aliphatic carbocycles. The van der Waals surface area contributed by atoms with E-state index >= 15 is 0 Å². The second-order valence-electron chi connectivity index (χ2n) is 6.31. The van der Waals surface area contributed by atoms with Gasteiger partial charge in [-0.15, -0.1) is 0 Å². The number of ether oxygens (including phenoxy) is 1. The number of hydrogen-bond donors (Lipinski definition) is 0. The van der Waals surface area contributed by atoms with E-state index in [4.69, 9.17) is 4.74 Å². The molecular weight excluding hydrogens is 338 g/mol. The largest absolute Gasteiger partial charge is 0.462 e. The minimum atomic E-state index is -0.474. The highest BCUT2D eigenvalue weighted by molar-refractivity contribution is 6.23. The normalized spacial score (nSPS) is 15.6. The molecule has 1 aliphatic heterocycles. The number of hydrogen-bond acceptors (Lipinski definition) is 3. The van der Waals surface area contributed by atoms with Gasteiger partial charge in [0.1, 0.15) is 0 Å². The molecule has 2 aromatic rings.